The van der Waals surface area contributed by atoms with E-state index >= 15 is 4.39 Å². The first kappa shape index (κ1) is 31.7. The summed E-state index contributed by atoms with van der Waals surface area (Å²) in [7, 11) is 0. The van der Waals surface area contributed by atoms with Gasteiger partial charge in [-0.2, -0.15) is 10.2 Å². The van der Waals surface area contributed by atoms with Gasteiger partial charge in [-0.05, 0) is 88.8 Å². The van der Waals surface area contributed by atoms with Crippen LogP contribution in [0.4, 0.5) is 21.8 Å². The maximum atomic E-state index is 15.4. The van der Waals surface area contributed by atoms with Crippen LogP contribution in [0, 0.1) is 29.0 Å². The van der Waals surface area contributed by atoms with Crippen molar-refractivity contribution in [2.24, 2.45) is 11.8 Å². The Morgan fingerprint density at radius 3 is 2.47 bits per heavy atom. The maximum absolute atomic E-state index is 15.4. The number of ketones is 1. The number of halogens is 1. The van der Waals surface area contributed by atoms with Crippen molar-refractivity contribution >= 4 is 23.2 Å². The van der Waals surface area contributed by atoms with Crippen LogP contribution in [0.3, 0.4) is 0 Å². The topological polar surface area (TPSA) is 106 Å². The Kier molecular flexibility index (Phi) is 8.99. The molecule has 10 nitrogen and oxygen atoms in total. The first-order valence-corrected chi connectivity index (χ1v) is 17.5. The molecule has 1 saturated heterocycles. The summed E-state index contributed by atoms with van der Waals surface area (Å²) in [5.74, 6) is 1.66. The molecule has 3 fully saturated rings. The van der Waals surface area contributed by atoms with E-state index in [1.54, 1.807) is 24.7 Å². The number of nitriles is 1. The Bertz CT molecular complexity index is 1640. The minimum Gasteiger partial charge on any atom is -0.344 e. The lowest BCUT2D eigenvalue weighted by atomic mass is 9.81. The molecule has 2 aromatic heterocycles. The summed E-state index contributed by atoms with van der Waals surface area (Å²) in [5.41, 5.74) is 2.61. The number of anilines is 3. The predicted octanol–water partition coefficient (Wildman–Crippen LogP) is 6.26. The van der Waals surface area contributed by atoms with Crippen molar-refractivity contribution < 1.29 is 9.18 Å². The molecule has 248 valence electrons. The van der Waals surface area contributed by atoms with Gasteiger partial charge in [-0.25, -0.2) is 14.4 Å². The highest BCUT2D eigenvalue weighted by Gasteiger charge is 2.36. The number of nitrogens with zero attached hydrogens (tertiary/aromatic N) is 8. The number of nitrogens with one attached hydrogen (secondary N) is 1. The van der Waals surface area contributed by atoms with Crippen molar-refractivity contribution in [3.05, 3.63) is 53.5 Å². The van der Waals surface area contributed by atoms with Gasteiger partial charge < -0.3 is 15.1 Å². The fourth-order valence-electron chi connectivity index (χ4n) is 8.03. The highest BCUT2D eigenvalue weighted by Crippen LogP contribution is 2.42. The molecule has 4 heterocycles. The number of rotatable bonds is 10. The number of benzene rings is 1. The number of carbonyl (C=O) groups excluding carboxylic acids is 1. The van der Waals surface area contributed by atoms with E-state index in [-0.39, 0.29) is 23.4 Å². The predicted molar refractivity (Wildman–Crippen MR) is 180 cm³/mol. The number of hydrogen-bond donors (Lipinski definition) is 1. The third kappa shape index (κ3) is 6.50. The van der Waals surface area contributed by atoms with Gasteiger partial charge in [-0.1, -0.05) is 6.92 Å². The number of hydrogen-bond acceptors (Lipinski definition) is 9. The van der Waals surface area contributed by atoms with Gasteiger partial charge in [0.05, 0.1) is 23.5 Å². The summed E-state index contributed by atoms with van der Waals surface area (Å²) >= 11 is 0. The van der Waals surface area contributed by atoms with E-state index in [0.717, 1.165) is 68.3 Å². The molecular formula is C36H46FN9O. The molecule has 7 rings (SSSR count). The SMILES string of the molecule is CCC1c2c(C#N)ncn2-c2cnc(Nc3ccc(C(=O)CC4CCC(N5CCN(CC6CC6)CC5)CC4)c(F)c3)nc2N1C(C)C. The van der Waals surface area contributed by atoms with Crippen molar-refractivity contribution in [2.45, 2.75) is 90.3 Å². The van der Waals surface area contributed by atoms with Crippen molar-refractivity contribution in [1.29, 1.82) is 5.26 Å². The number of aromatic nitrogens is 4. The number of imidazole rings is 1. The monoisotopic (exact) mass is 639 g/mol. The molecule has 4 aliphatic rings. The van der Waals surface area contributed by atoms with Gasteiger partial charge in [0, 0.05) is 56.9 Å². The lowest BCUT2D eigenvalue weighted by Crippen LogP contribution is -2.51. The van der Waals surface area contributed by atoms with Crippen molar-refractivity contribution in [3.8, 4) is 11.8 Å². The molecule has 0 radical (unpaired) electrons. The molecule has 11 heteroatoms. The second-order valence-electron chi connectivity index (χ2n) is 14.2. The molecule has 1 unspecified atom stereocenters. The van der Waals surface area contributed by atoms with Gasteiger partial charge in [0.15, 0.2) is 17.3 Å². The zero-order valence-electron chi connectivity index (χ0n) is 27.8. The van der Waals surface area contributed by atoms with Crippen LogP contribution in [-0.4, -0.2) is 79.9 Å². The highest BCUT2D eigenvalue weighted by atomic mass is 19.1. The molecule has 2 aliphatic heterocycles. The van der Waals surface area contributed by atoms with E-state index in [0.29, 0.717) is 35.7 Å². The van der Waals surface area contributed by atoms with Crippen LogP contribution in [0.1, 0.15) is 99.9 Å². The molecule has 2 aliphatic carbocycles. The Hall–Kier alpha value is -3.88. The third-order valence-corrected chi connectivity index (χ3v) is 10.7. The molecule has 1 atom stereocenters. The summed E-state index contributed by atoms with van der Waals surface area (Å²) < 4.78 is 17.3. The third-order valence-electron chi connectivity index (χ3n) is 10.7. The van der Waals surface area contributed by atoms with Crippen LogP contribution in [0.2, 0.25) is 0 Å². The highest BCUT2D eigenvalue weighted by molar-refractivity contribution is 5.96. The number of carbonyl (C=O) groups is 1. The lowest BCUT2D eigenvalue weighted by molar-refractivity contribution is 0.0658. The Morgan fingerprint density at radius 2 is 1.81 bits per heavy atom. The smallest absolute Gasteiger partial charge is 0.229 e. The summed E-state index contributed by atoms with van der Waals surface area (Å²) in [6.45, 7) is 12.2. The Labute approximate surface area is 277 Å². The second kappa shape index (κ2) is 13.3. The number of fused-ring (bicyclic) bond motifs is 3. The first-order chi connectivity index (χ1) is 22.8. The van der Waals surface area contributed by atoms with Crippen molar-refractivity contribution in [2.75, 3.05) is 42.9 Å². The normalized spacial score (nSPS) is 23.3. The summed E-state index contributed by atoms with van der Waals surface area (Å²) in [4.78, 5) is 34.4. The molecule has 0 bridgehead atoms. The number of Topliss-reactive ketones (excluding diaryl/α,β-unsaturated/α-hetero) is 1. The van der Waals surface area contributed by atoms with Crippen LogP contribution in [0.25, 0.3) is 5.69 Å². The first-order valence-electron chi connectivity index (χ1n) is 17.5. The average Bonchev–Trinajstić information content (AvgIpc) is 3.79. The Balaban J connectivity index is 0.973. The van der Waals surface area contributed by atoms with Gasteiger partial charge in [0.25, 0.3) is 0 Å². The van der Waals surface area contributed by atoms with Gasteiger partial charge in [0.1, 0.15) is 23.9 Å². The van der Waals surface area contributed by atoms with Crippen LogP contribution < -0.4 is 10.2 Å². The van der Waals surface area contributed by atoms with E-state index < -0.39 is 5.82 Å². The molecule has 0 spiro atoms. The quantitative estimate of drug-likeness (QED) is 0.258. The van der Waals surface area contributed by atoms with Crippen LogP contribution in [0.15, 0.2) is 30.7 Å². The molecule has 2 saturated carbocycles. The van der Waals surface area contributed by atoms with Gasteiger partial charge >= 0.3 is 0 Å². The minimum absolute atomic E-state index is 0.0764. The molecule has 1 N–H and O–H groups in total. The fourth-order valence-corrected chi connectivity index (χ4v) is 8.03. The van der Waals surface area contributed by atoms with Crippen LogP contribution in [-0.2, 0) is 0 Å². The summed E-state index contributed by atoms with van der Waals surface area (Å²) in [6, 6.07) is 7.53. The van der Waals surface area contributed by atoms with E-state index in [1.165, 1.54) is 38.5 Å². The van der Waals surface area contributed by atoms with E-state index in [2.05, 4.69) is 56.8 Å². The van der Waals surface area contributed by atoms with Gasteiger partial charge in [-0.3, -0.25) is 14.3 Å². The standard InChI is InChI=1S/C36H46FN9O/c1-4-31-34-30(19-38)40-22-45(34)32-20-39-36(42-35(32)46(31)23(2)3)41-26-9-12-28(29(37)18-26)33(47)17-24-7-10-27(11-8-24)44-15-13-43(14-16-44)21-25-5-6-25/h9,12,18,20,22-25,27,31H,4-8,10-11,13-17,21H2,1-3H3,(H,39,41,42). The second-order valence-corrected chi connectivity index (χ2v) is 14.2. The Morgan fingerprint density at radius 1 is 1.06 bits per heavy atom. The molecule has 1 aromatic carbocycles. The zero-order valence-corrected chi connectivity index (χ0v) is 27.8. The molecular weight excluding hydrogens is 593 g/mol. The largest absolute Gasteiger partial charge is 0.344 e. The van der Waals surface area contributed by atoms with Crippen LogP contribution >= 0.6 is 0 Å². The number of piperazine rings is 1. The fraction of sp³-hybridized carbons (Fsp3) is 0.583. The van der Waals surface area contributed by atoms with E-state index in [1.807, 2.05) is 4.57 Å². The summed E-state index contributed by atoms with van der Waals surface area (Å²) in [6.07, 6.45) is 11.7. The molecule has 3 aromatic rings. The van der Waals surface area contributed by atoms with Gasteiger partial charge in [-0.15, -0.1) is 0 Å². The van der Waals surface area contributed by atoms with E-state index in [9.17, 15) is 10.1 Å². The van der Waals surface area contributed by atoms with Crippen molar-refractivity contribution in [1.82, 2.24) is 29.3 Å². The maximum Gasteiger partial charge on any atom is 0.229 e. The minimum atomic E-state index is -0.530. The van der Waals surface area contributed by atoms with Gasteiger partial charge in [0.2, 0.25) is 5.95 Å². The molecule has 0 amide bonds. The summed E-state index contributed by atoms with van der Waals surface area (Å²) in [5, 5.41) is 12.8. The van der Waals surface area contributed by atoms with Crippen molar-refractivity contribution in [3.63, 3.8) is 0 Å². The van der Waals surface area contributed by atoms with E-state index in [4.69, 9.17) is 4.98 Å². The van der Waals surface area contributed by atoms with Crippen LogP contribution in [0.5, 0.6) is 0 Å². The lowest BCUT2D eigenvalue weighted by Gasteiger charge is -2.42. The zero-order chi connectivity index (χ0) is 32.7. The average molecular weight is 640 g/mol. The molecule has 47 heavy (non-hydrogen) atoms.